The van der Waals surface area contributed by atoms with Gasteiger partial charge in [0, 0.05) is 19.1 Å². The zero-order valence-electron chi connectivity index (χ0n) is 13.3. The number of benzene rings is 1. The lowest BCUT2D eigenvalue weighted by Crippen LogP contribution is -2.31. The van der Waals surface area contributed by atoms with E-state index in [-0.39, 0.29) is 22.6 Å². The second-order valence-corrected chi connectivity index (χ2v) is 6.17. The van der Waals surface area contributed by atoms with Crippen LogP contribution in [0.15, 0.2) is 16.7 Å². The third-order valence-corrected chi connectivity index (χ3v) is 4.51. The lowest BCUT2D eigenvalue weighted by atomic mass is 10.0. The van der Waals surface area contributed by atoms with E-state index in [1.54, 1.807) is 19.9 Å². The van der Waals surface area contributed by atoms with E-state index in [9.17, 15) is 9.18 Å². The molecule has 1 saturated heterocycles. The van der Waals surface area contributed by atoms with Gasteiger partial charge in [-0.05, 0) is 31.9 Å². The zero-order chi connectivity index (χ0) is 17.3. The van der Waals surface area contributed by atoms with Crippen molar-refractivity contribution in [2.75, 3.05) is 13.2 Å². The lowest BCUT2D eigenvalue weighted by molar-refractivity contribution is 0.0613. The van der Waals surface area contributed by atoms with Gasteiger partial charge in [-0.3, -0.25) is 4.79 Å². The maximum atomic E-state index is 14.1. The van der Waals surface area contributed by atoms with Gasteiger partial charge >= 0.3 is 0 Å². The van der Waals surface area contributed by atoms with Gasteiger partial charge in [0.05, 0.1) is 10.6 Å². The molecule has 0 saturated carbocycles. The number of nitrogens with one attached hydrogen (secondary N) is 1. The van der Waals surface area contributed by atoms with E-state index >= 15 is 0 Å². The molecule has 24 heavy (non-hydrogen) atoms. The molecule has 2 atom stereocenters. The summed E-state index contributed by atoms with van der Waals surface area (Å²) in [6.07, 6.45) is 0.377. The highest BCUT2D eigenvalue weighted by Gasteiger charge is 2.34. The first-order valence-electron chi connectivity index (χ1n) is 7.62. The molecule has 0 radical (unpaired) electrons. The average molecular weight is 354 g/mol. The first-order valence-corrected chi connectivity index (χ1v) is 7.99. The van der Waals surface area contributed by atoms with Crippen molar-refractivity contribution in [3.05, 3.63) is 45.8 Å². The number of carbonyl (C=O) groups is 1. The maximum absolute atomic E-state index is 14.1. The highest BCUT2D eigenvalue weighted by Crippen LogP contribution is 2.33. The molecule has 3 rings (SSSR count). The maximum Gasteiger partial charge on any atom is 0.256 e. The van der Waals surface area contributed by atoms with Gasteiger partial charge in [-0.25, -0.2) is 4.39 Å². The number of hydrogen-bond donors (Lipinski definition) is 1. The Morgan fingerprint density at radius 3 is 2.96 bits per heavy atom. The molecule has 1 aromatic carbocycles. The van der Waals surface area contributed by atoms with Crippen LogP contribution in [0.2, 0.25) is 5.02 Å². The van der Waals surface area contributed by atoms with E-state index in [4.69, 9.17) is 20.9 Å². The number of rotatable bonds is 4. The van der Waals surface area contributed by atoms with E-state index in [1.165, 1.54) is 6.07 Å². The van der Waals surface area contributed by atoms with Gasteiger partial charge in [-0.2, -0.15) is 4.98 Å². The lowest BCUT2D eigenvalue weighted by Gasteiger charge is -2.16. The van der Waals surface area contributed by atoms with Crippen molar-refractivity contribution in [1.82, 2.24) is 15.5 Å². The van der Waals surface area contributed by atoms with Crippen LogP contribution < -0.4 is 5.32 Å². The fourth-order valence-electron chi connectivity index (χ4n) is 2.68. The van der Waals surface area contributed by atoms with Crippen LogP contribution in [0.4, 0.5) is 4.39 Å². The summed E-state index contributed by atoms with van der Waals surface area (Å²) in [5, 5.41) is 6.44. The van der Waals surface area contributed by atoms with Gasteiger partial charge in [0.2, 0.25) is 0 Å². The molecule has 1 aliphatic heterocycles. The first kappa shape index (κ1) is 16.9. The topological polar surface area (TPSA) is 77.3 Å². The summed E-state index contributed by atoms with van der Waals surface area (Å²) in [6.45, 7) is 4.26. The number of hydrogen-bond acceptors (Lipinski definition) is 5. The molecule has 1 fully saturated rings. The van der Waals surface area contributed by atoms with Gasteiger partial charge in [-0.15, -0.1) is 0 Å². The van der Waals surface area contributed by atoms with Crippen molar-refractivity contribution in [1.29, 1.82) is 0 Å². The normalized spacial score (nSPS) is 20.3. The molecular formula is C16H17ClFN3O3. The molecule has 1 amide bonds. The molecular weight excluding hydrogens is 337 g/mol. The van der Waals surface area contributed by atoms with Crippen LogP contribution in [0.5, 0.6) is 0 Å². The number of carbonyl (C=O) groups excluding carboxylic acids is 1. The fourth-order valence-corrected chi connectivity index (χ4v) is 2.85. The van der Waals surface area contributed by atoms with Gasteiger partial charge in [0.25, 0.3) is 11.8 Å². The third-order valence-electron chi connectivity index (χ3n) is 4.05. The van der Waals surface area contributed by atoms with Crippen LogP contribution in [0.25, 0.3) is 0 Å². The Kier molecular flexibility index (Phi) is 4.82. The Bertz CT molecular complexity index is 765. The van der Waals surface area contributed by atoms with Crippen molar-refractivity contribution in [2.24, 2.45) is 5.92 Å². The smallest absolute Gasteiger partial charge is 0.256 e. The van der Waals surface area contributed by atoms with Crippen LogP contribution in [0.3, 0.4) is 0 Å². The molecule has 1 aliphatic rings. The summed E-state index contributed by atoms with van der Waals surface area (Å²) in [7, 11) is 0. The monoisotopic (exact) mass is 353 g/mol. The first-order chi connectivity index (χ1) is 11.5. The minimum absolute atomic E-state index is 0.0159. The van der Waals surface area contributed by atoms with E-state index < -0.39 is 11.7 Å². The van der Waals surface area contributed by atoms with E-state index in [2.05, 4.69) is 15.5 Å². The summed E-state index contributed by atoms with van der Waals surface area (Å²) in [4.78, 5) is 16.4. The van der Waals surface area contributed by atoms with E-state index in [1.807, 2.05) is 0 Å². The molecule has 1 aromatic heterocycles. The Hall–Kier alpha value is -1.99. The van der Waals surface area contributed by atoms with E-state index in [0.29, 0.717) is 30.4 Å². The Balaban J connectivity index is 1.67. The van der Waals surface area contributed by atoms with Gasteiger partial charge in [-0.1, -0.05) is 22.8 Å². The molecule has 2 aromatic rings. The number of amides is 1. The molecule has 8 heteroatoms. The van der Waals surface area contributed by atoms with Crippen molar-refractivity contribution in [2.45, 2.75) is 26.4 Å². The minimum atomic E-state index is -0.707. The van der Waals surface area contributed by atoms with Crippen LogP contribution in [0, 0.1) is 25.6 Å². The van der Waals surface area contributed by atoms with E-state index in [0.717, 1.165) is 6.42 Å². The number of halogens is 2. The molecule has 0 spiro atoms. The highest BCUT2D eigenvalue weighted by atomic mass is 35.5. The number of aryl methyl sites for hydroxylation is 2. The van der Waals surface area contributed by atoms with Crippen molar-refractivity contribution < 1.29 is 18.4 Å². The number of ether oxygens (including phenoxy) is 1. The fraction of sp³-hybridized carbons (Fsp3) is 0.438. The predicted molar refractivity (Wildman–Crippen MR) is 84.3 cm³/mol. The molecule has 0 aliphatic carbocycles. The van der Waals surface area contributed by atoms with Crippen molar-refractivity contribution in [3.8, 4) is 0 Å². The molecule has 0 unspecified atom stereocenters. The quantitative estimate of drug-likeness (QED) is 0.914. The summed E-state index contributed by atoms with van der Waals surface area (Å²) in [5.74, 6) is -0.311. The SMILES string of the molecule is Cc1noc([C@H]2OCC[C@H]2CNC(=O)c2ccc(C)c(Cl)c2F)n1. The second kappa shape index (κ2) is 6.86. The Morgan fingerprint density at radius 1 is 1.46 bits per heavy atom. The predicted octanol–water partition coefficient (Wildman–Crippen LogP) is 2.99. The number of aromatic nitrogens is 2. The zero-order valence-corrected chi connectivity index (χ0v) is 14.1. The molecule has 2 heterocycles. The second-order valence-electron chi connectivity index (χ2n) is 5.79. The molecule has 1 N–H and O–H groups in total. The van der Waals surface area contributed by atoms with Crippen LogP contribution in [0.1, 0.15) is 40.2 Å². The standard InChI is InChI=1S/C16H17ClFN3O3/c1-8-3-4-11(13(18)12(8)17)15(22)19-7-10-5-6-23-14(10)16-20-9(2)21-24-16/h3-4,10,14H,5-7H2,1-2H3,(H,19,22)/t10-,14-/m0/s1. The highest BCUT2D eigenvalue weighted by molar-refractivity contribution is 6.31. The summed E-state index contributed by atoms with van der Waals surface area (Å²) in [6, 6.07) is 3.04. The average Bonchev–Trinajstić information content (AvgIpc) is 3.19. The van der Waals surface area contributed by atoms with Gasteiger partial charge < -0.3 is 14.6 Å². The number of nitrogens with zero attached hydrogens (tertiary/aromatic N) is 2. The Labute approximate surface area is 143 Å². The van der Waals surface area contributed by atoms with Gasteiger partial charge in [0.1, 0.15) is 6.10 Å². The summed E-state index contributed by atoms with van der Waals surface area (Å²) in [5.41, 5.74) is 0.511. The van der Waals surface area contributed by atoms with Gasteiger partial charge in [0.15, 0.2) is 11.6 Å². The summed E-state index contributed by atoms with van der Waals surface area (Å²) >= 11 is 5.86. The van der Waals surface area contributed by atoms with Crippen LogP contribution in [-0.2, 0) is 4.74 Å². The van der Waals surface area contributed by atoms with Crippen LogP contribution >= 0.6 is 11.6 Å². The molecule has 128 valence electrons. The third kappa shape index (κ3) is 3.27. The summed E-state index contributed by atoms with van der Waals surface area (Å²) < 4.78 is 24.9. The van der Waals surface area contributed by atoms with Crippen molar-refractivity contribution in [3.63, 3.8) is 0 Å². The largest absolute Gasteiger partial charge is 0.368 e. The Morgan fingerprint density at radius 2 is 2.25 bits per heavy atom. The van der Waals surface area contributed by atoms with Crippen molar-refractivity contribution >= 4 is 17.5 Å². The molecule has 6 nitrogen and oxygen atoms in total. The molecule has 0 bridgehead atoms. The minimum Gasteiger partial charge on any atom is -0.368 e. The van der Waals surface area contributed by atoms with Crippen LogP contribution in [-0.4, -0.2) is 29.2 Å².